The van der Waals surface area contributed by atoms with Gasteiger partial charge in [-0.3, -0.25) is 0 Å². The minimum absolute atomic E-state index is 0.0451. The maximum absolute atomic E-state index is 11.7. The monoisotopic (exact) mass is 325 g/mol. The number of aliphatic hydroxyl groups is 1. The molecule has 1 aromatic rings. The van der Waals surface area contributed by atoms with Gasteiger partial charge in [0, 0.05) is 18.8 Å². The molecule has 2 rings (SSSR count). The third kappa shape index (κ3) is 5.38. The molecule has 0 aromatic heterocycles. The third-order valence-electron chi connectivity index (χ3n) is 4.55. The molecule has 5 heteroatoms. The van der Waals surface area contributed by atoms with Crippen LogP contribution in [0.25, 0.3) is 0 Å². The number of hydrogen-bond acceptors (Lipinski definition) is 4. The number of sulfone groups is 1. The first-order valence-corrected chi connectivity index (χ1v) is 10.0. The molecule has 22 heavy (non-hydrogen) atoms. The van der Waals surface area contributed by atoms with Gasteiger partial charge in [-0.15, -0.1) is 0 Å². The van der Waals surface area contributed by atoms with Crippen molar-refractivity contribution in [3.63, 3.8) is 0 Å². The molecule has 0 saturated heterocycles. The zero-order valence-electron chi connectivity index (χ0n) is 13.5. The average Bonchev–Trinajstić information content (AvgIpc) is 2.47. The highest BCUT2D eigenvalue weighted by molar-refractivity contribution is 7.90. The molecule has 1 aromatic carbocycles. The summed E-state index contributed by atoms with van der Waals surface area (Å²) < 4.78 is 23.4. The second-order valence-electron chi connectivity index (χ2n) is 6.84. The Balaban J connectivity index is 2.04. The van der Waals surface area contributed by atoms with Gasteiger partial charge in [-0.2, -0.15) is 0 Å². The molecule has 4 nitrogen and oxygen atoms in total. The molecular weight excluding hydrogens is 298 g/mol. The van der Waals surface area contributed by atoms with Crippen LogP contribution < -0.4 is 5.32 Å². The van der Waals surface area contributed by atoms with Crippen molar-refractivity contribution in [3.05, 3.63) is 35.9 Å². The van der Waals surface area contributed by atoms with Gasteiger partial charge in [-0.05, 0) is 37.2 Å². The van der Waals surface area contributed by atoms with Gasteiger partial charge in [0.25, 0.3) is 0 Å². The predicted molar refractivity (Wildman–Crippen MR) is 89.5 cm³/mol. The van der Waals surface area contributed by atoms with Crippen LogP contribution in [0.1, 0.15) is 44.2 Å². The normalized spacial score (nSPS) is 27.5. The molecule has 1 fully saturated rings. The van der Waals surface area contributed by atoms with Gasteiger partial charge in [-0.25, -0.2) is 8.42 Å². The standard InChI is InChI=1S/C17H27NO3S/c1-14-8-10-17(19,11-9-14)13-18-16(12-22(2,20)21)15-6-4-3-5-7-15/h3-7,14,16,18-19H,8-13H2,1-2H3. The number of benzene rings is 1. The molecular formula is C17H27NO3S. The maximum Gasteiger partial charge on any atom is 0.149 e. The van der Waals surface area contributed by atoms with Crippen molar-refractivity contribution in [2.24, 2.45) is 5.92 Å². The molecule has 2 N–H and O–H groups in total. The van der Waals surface area contributed by atoms with Crippen molar-refractivity contribution in [2.45, 2.75) is 44.2 Å². The minimum Gasteiger partial charge on any atom is -0.389 e. The zero-order valence-corrected chi connectivity index (χ0v) is 14.3. The van der Waals surface area contributed by atoms with Crippen LogP contribution in [0, 0.1) is 5.92 Å². The van der Waals surface area contributed by atoms with E-state index in [1.165, 1.54) is 6.26 Å². The van der Waals surface area contributed by atoms with Crippen LogP contribution in [0.5, 0.6) is 0 Å². The van der Waals surface area contributed by atoms with E-state index in [4.69, 9.17) is 0 Å². The Kier molecular flexibility index (Phi) is 5.64. The quantitative estimate of drug-likeness (QED) is 0.842. The van der Waals surface area contributed by atoms with Crippen molar-refractivity contribution in [1.29, 1.82) is 0 Å². The lowest BCUT2D eigenvalue weighted by atomic mass is 9.79. The van der Waals surface area contributed by atoms with Crippen molar-refractivity contribution in [3.8, 4) is 0 Å². The SMILES string of the molecule is CC1CCC(O)(CNC(CS(C)(=O)=O)c2ccccc2)CC1. The Morgan fingerprint density at radius 1 is 1.27 bits per heavy atom. The summed E-state index contributed by atoms with van der Waals surface area (Å²) in [6, 6.07) is 9.30. The molecule has 0 amide bonds. The summed E-state index contributed by atoms with van der Waals surface area (Å²) in [7, 11) is -3.10. The summed E-state index contributed by atoms with van der Waals surface area (Å²) in [5.74, 6) is 0.713. The van der Waals surface area contributed by atoms with Gasteiger partial charge < -0.3 is 10.4 Å². The Morgan fingerprint density at radius 2 is 1.86 bits per heavy atom. The van der Waals surface area contributed by atoms with E-state index in [2.05, 4.69) is 12.2 Å². The van der Waals surface area contributed by atoms with E-state index < -0.39 is 15.4 Å². The molecule has 0 aliphatic heterocycles. The van der Waals surface area contributed by atoms with Crippen LogP contribution in [-0.2, 0) is 9.84 Å². The van der Waals surface area contributed by atoms with Gasteiger partial charge in [0.05, 0.1) is 11.4 Å². The minimum atomic E-state index is -3.10. The Morgan fingerprint density at radius 3 is 2.41 bits per heavy atom. The molecule has 0 radical (unpaired) electrons. The Bertz CT molecular complexity index is 563. The first-order valence-electron chi connectivity index (χ1n) is 7.96. The van der Waals surface area contributed by atoms with E-state index in [1.54, 1.807) is 0 Å². The first-order chi connectivity index (χ1) is 10.3. The van der Waals surface area contributed by atoms with Gasteiger partial charge in [-0.1, -0.05) is 37.3 Å². The van der Waals surface area contributed by atoms with E-state index >= 15 is 0 Å². The summed E-state index contributed by atoms with van der Waals surface area (Å²) in [6.07, 6.45) is 4.87. The van der Waals surface area contributed by atoms with Crippen LogP contribution in [0.4, 0.5) is 0 Å². The predicted octanol–water partition coefficient (Wildman–Crippen LogP) is 2.30. The average molecular weight is 325 g/mol. The number of nitrogens with one attached hydrogen (secondary N) is 1. The molecule has 0 spiro atoms. The lowest BCUT2D eigenvalue weighted by Gasteiger charge is -2.36. The van der Waals surface area contributed by atoms with Crippen LogP contribution in [0.15, 0.2) is 30.3 Å². The van der Waals surface area contributed by atoms with Crippen molar-refractivity contribution >= 4 is 9.84 Å². The molecule has 0 heterocycles. The van der Waals surface area contributed by atoms with Gasteiger partial charge >= 0.3 is 0 Å². The lowest BCUT2D eigenvalue weighted by molar-refractivity contribution is -0.00777. The molecule has 1 atom stereocenters. The molecule has 1 aliphatic rings. The summed E-state index contributed by atoms with van der Waals surface area (Å²) in [6.45, 7) is 2.65. The maximum atomic E-state index is 11.7. The fourth-order valence-electron chi connectivity index (χ4n) is 3.05. The third-order valence-corrected chi connectivity index (χ3v) is 5.49. The van der Waals surface area contributed by atoms with Crippen LogP contribution >= 0.6 is 0 Å². The first kappa shape index (κ1) is 17.4. The van der Waals surface area contributed by atoms with E-state index in [-0.39, 0.29) is 11.8 Å². The lowest BCUT2D eigenvalue weighted by Crippen LogP contribution is -2.45. The van der Waals surface area contributed by atoms with Gasteiger partial charge in [0.1, 0.15) is 9.84 Å². The van der Waals surface area contributed by atoms with E-state index in [1.807, 2.05) is 30.3 Å². The summed E-state index contributed by atoms with van der Waals surface area (Å²) >= 11 is 0. The topological polar surface area (TPSA) is 66.4 Å². The van der Waals surface area contributed by atoms with Crippen LogP contribution in [0.3, 0.4) is 0 Å². The molecule has 1 saturated carbocycles. The highest BCUT2D eigenvalue weighted by Crippen LogP contribution is 2.31. The summed E-state index contributed by atoms with van der Waals surface area (Å²) in [4.78, 5) is 0. The second-order valence-corrected chi connectivity index (χ2v) is 9.03. The second kappa shape index (κ2) is 7.11. The molecule has 0 bridgehead atoms. The van der Waals surface area contributed by atoms with Crippen LogP contribution in [0.2, 0.25) is 0 Å². The highest BCUT2D eigenvalue weighted by Gasteiger charge is 2.32. The van der Waals surface area contributed by atoms with E-state index in [9.17, 15) is 13.5 Å². The fraction of sp³-hybridized carbons (Fsp3) is 0.647. The number of rotatable bonds is 6. The Labute approximate surface area is 133 Å². The molecule has 124 valence electrons. The smallest absolute Gasteiger partial charge is 0.149 e. The largest absolute Gasteiger partial charge is 0.389 e. The van der Waals surface area contributed by atoms with Crippen molar-refractivity contribution in [1.82, 2.24) is 5.32 Å². The number of hydrogen-bond donors (Lipinski definition) is 2. The van der Waals surface area contributed by atoms with Gasteiger partial charge in [0.15, 0.2) is 0 Å². The van der Waals surface area contributed by atoms with E-state index in [0.717, 1.165) is 31.2 Å². The molecule has 1 unspecified atom stereocenters. The van der Waals surface area contributed by atoms with Crippen LogP contribution in [-0.4, -0.2) is 37.7 Å². The van der Waals surface area contributed by atoms with Gasteiger partial charge in [0.2, 0.25) is 0 Å². The summed E-state index contributed by atoms with van der Waals surface area (Å²) in [5.41, 5.74) is 0.234. The Hall–Kier alpha value is -0.910. The highest BCUT2D eigenvalue weighted by atomic mass is 32.2. The van der Waals surface area contributed by atoms with Crippen molar-refractivity contribution < 1.29 is 13.5 Å². The molecule has 1 aliphatic carbocycles. The van der Waals surface area contributed by atoms with E-state index in [0.29, 0.717) is 12.5 Å². The fourth-order valence-corrected chi connectivity index (χ4v) is 3.97. The zero-order chi connectivity index (χ0) is 16.2. The summed E-state index contributed by atoms with van der Waals surface area (Å²) in [5, 5.41) is 14.0. The van der Waals surface area contributed by atoms with Crippen molar-refractivity contribution in [2.75, 3.05) is 18.6 Å².